The molecule has 1 aromatic heterocycles. The first-order valence-corrected chi connectivity index (χ1v) is 11.1. The smallest absolute Gasteiger partial charge is 0.234 e. The number of halogens is 3. The average Bonchev–Trinajstić information content (AvgIpc) is 3.12. The molecule has 2 amide bonds. The fourth-order valence-corrected chi connectivity index (χ4v) is 3.80. The summed E-state index contributed by atoms with van der Waals surface area (Å²) in [7, 11) is 0. The van der Waals surface area contributed by atoms with Crippen molar-refractivity contribution in [2.24, 2.45) is 0 Å². The monoisotopic (exact) mass is 493 g/mol. The second-order valence-corrected chi connectivity index (χ2v) is 8.23. The largest absolute Gasteiger partial charge is 0.325 e. The van der Waals surface area contributed by atoms with Crippen molar-refractivity contribution in [1.82, 2.24) is 14.8 Å². The first-order valence-electron chi connectivity index (χ1n) is 9.32. The molecule has 1 heterocycles. The molecule has 2 aromatic carbocycles. The Morgan fingerprint density at radius 1 is 1.09 bits per heavy atom. The Morgan fingerprint density at radius 2 is 1.88 bits per heavy atom. The Morgan fingerprint density at radius 3 is 2.59 bits per heavy atom. The van der Waals surface area contributed by atoms with Crippen LogP contribution in [0.5, 0.6) is 0 Å². The van der Waals surface area contributed by atoms with E-state index in [1.54, 1.807) is 34.9 Å². The number of anilines is 2. The number of carbonyl (C=O) groups excluding carboxylic acids is 2. The van der Waals surface area contributed by atoms with Gasteiger partial charge in [-0.1, -0.05) is 53.2 Å². The molecule has 0 atom stereocenters. The molecular weight excluding hydrogens is 476 g/mol. The van der Waals surface area contributed by atoms with Gasteiger partial charge >= 0.3 is 0 Å². The number of aromatic nitrogens is 3. The van der Waals surface area contributed by atoms with Crippen LogP contribution in [0.3, 0.4) is 0 Å². The molecule has 3 rings (SSSR count). The number of nitrogens with one attached hydrogen (secondary N) is 2. The molecular formula is C21H18Cl2FN5O2S. The van der Waals surface area contributed by atoms with Crippen LogP contribution in [0.4, 0.5) is 15.8 Å². The lowest BCUT2D eigenvalue weighted by atomic mass is 10.3. The van der Waals surface area contributed by atoms with E-state index in [-0.39, 0.29) is 29.0 Å². The Bertz CT molecular complexity index is 1150. The van der Waals surface area contributed by atoms with E-state index in [9.17, 15) is 14.0 Å². The highest BCUT2D eigenvalue weighted by Crippen LogP contribution is 2.23. The highest BCUT2D eigenvalue weighted by molar-refractivity contribution is 7.99. The number of para-hydroxylation sites is 1. The van der Waals surface area contributed by atoms with Gasteiger partial charge in [0.1, 0.15) is 11.6 Å². The fraction of sp³-hybridized carbons (Fsp3) is 0.143. The van der Waals surface area contributed by atoms with Gasteiger partial charge in [0.2, 0.25) is 11.8 Å². The van der Waals surface area contributed by atoms with Gasteiger partial charge in [0.25, 0.3) is 0 Å². The number of hydrogen-bond donors (Lipinski definition) is 2. The van der Waals surface area contributed by atoms with Crippen molar-refractivity contribution in [3.8, 4) is 0 Å². The minimum atomic E-state index is -0.567. The third-order valence-electron chi connectivity index (χ3n) is 4.11. The SMILES string of the molecule is C=CCn1c(CC(=O)Nc2ccccc2Cl)nnc1SCC(=O)Nc1ccc(F)c(Cl)c1. The van der Waals surface area contributed by atoms with Crippen LogP contribution in [0.25, 0.3) is 0 Å². The lowest BCUT2D eigenvalue weighted by molar-refractivity contribution is -0.116. The van der Waals surface area contributed by atoms with Gasteiger partial charge < -0.3 is 15.2 Å². The number of nitrogens with zero attached hydrogens (tertiary/aromatic N) is 3. The Hall–Kier alpha value is -2.88. The summed E-state index contributed by atoms with van der Waals surface area (Å²) in [6.07, 6.45) is 1.61. The normalized spacial score (nSPS) is 10.6. The van der Waals surface area contributed by atoms with Gasteiger partial charge in [0.15, 0.2) is 5.16 Å². The van der Waals surface area contributed by atoms with E-state index < -0.39 is 5.82 Å². The van der Waals surface area contributed by atoms with E-state index in [0.29, 0.717) is 33.9 Å². The summed E-state index contributed by atoms with van der Waals surface area (Å²) < 4.78 is 14.9. The average molecular weight is 494 g/mol. The Balaban J connectivity index is 1.62. The second kappa shape index (κ2) is 11.1. The van der Waals surface area contributed by atoms with E-state index in [1.165, 1.54) is 18.2 Å². The predicted octanol–water partition coefficient (Wildman–Crippen LogP) is 4.82. The van der Waals surface area contributed by atoms with Crippen LogP contribution in [0.1, 0.15) is 5.82 Å². The van der Waals surface area contributed by atoms with Crippen molar-refractivity contribution in [1.29, 1.82) is 0 Å². The third kappa shape index (κ3) is 6.32. The van der Waals surface area contributed by atoms with Gasteiger partial charge in [-0.15, -0.1) is 16.8 Å². The van der Waals surface area contributed by atoms with Gasteiger partial charge in [-0.3, -0.25) is 9.59 Å². The fourth-order valence-electron chi connectivity index (χ4n) is 2.67. The number of benzene rings is 2. The molecule has 0 radical (unpaired) electrons. The topological polar surface area (TPSA) is 88.9 Å². The molecule has 0 saturated carbocycles. The van der Waals surface area contributed by atoms with Crippen LogP contribution in [0, 0.1) is 5.82 Å². The lowest BCUT2D eigenvalue weighted by Gasteiger charge is -2.09. The van der Waals surface area contributed by atoms with Crippen molar-refractivity contribution in [2.45, 2.75) is 18.1 Å². The quantitative estimate of drug-likeness (QED) is 0.329. The minimum Gasteiger partial charge on any atom is -0.325 e. The van der Waals surface area contributed by atoms with Gasteiger partial charge in [0, 0.05) is 12.2 Å². The van der Waals surface area contributed by atoms with Gasteiger partial charge in [0.05, 0.1) is 27.9 Å². The number of thioether (sulfide) groups is 1. The number of allylic oxidation sites excluding steroid dienone is 1. The number of rotatable bonds is 9. The van der Waals surface area contributed by atoms with Crippen LogP contribution in [-0.2, 0) is 22.6 Å². The molecule has 11 heteroatoms. The van der Waals surface area contributed by atoms with Crippen LogP contribution in [-0.4, -0.2) is 32.3 Å². The van der Waals surface area contributed by atoms with Crippen molar-refractivity contribution >= 4 is 58.2 Å². The highest BCUT2D eigenvalue weighted by atomic mass is 35.5. The summed E-state index contributed by atoms with van der Waals surface area (Å²) in [5, 5.41) is 14.3. The van der Waals surface area contributed by atoms with Crippen LogP contribution in [0.15, 0.2) is 60.3 Å². The molecule has 0 saturated heterocycles. The zero-order chi connectivity index (χ0) is 23.1. The van der Waals surface area contributed by atoms with E-state index in [1.807, 2.05) is 0 Å². The summed E-state index contributed by atoms with van der Waals surface area (Å²) >= 11 is 12.9. The molecule has 2 N–H and O–H groups in total. The molecule has 166 valence electrons. The van der Waals surface area contributed by atoms with Crippen LogP contribution < -0.4 is 10.6 Å². The van der Waals surface area contributed by atoms with E-state index in [4.69, 9.17) is 23.2 Å². The first-order chi connectivity index (χ1) is 15.4. The first kappa shape index (κ1) is 23.8. The highest BCUT2D eigenvalue weighted by Gasteiger charge is 2.17. The van der Waals surface area contributed by atoms with E-state index in [2.05, 4.69) is 27.4 Å². The molecule has 0 aliphatic rings. The van der Waals surface area contributed by atoms with E-state index >= 15 is 0 Å². The van der Waals surface area contributed by atoms with Crippen molar-refractivity contribution < 1.29 is 14.0 Å². The molecule has 0 unspecified atom stereocenters. The van der Waals surface area contributed by atoms with Crippen molar-refractivity contribution in [3.05, 3.63) is 76.8 Å². The van der Waals surface area contributed by atoms with E-state index in [0.717, 1.165) is 11.8 Å². The summed E-state index contributed by atoms with van der Waals surface area (Å²) in [6.45, 7) is 4.08. The summed E-state index contributed by atoms with van der Waals surface area (Å²) in [5.74, 6) is -0.761. The molecule has 0 aliphatic heterocycles. The maximum Gasteiger partial charge on any atom is 0.234 e. The van der Waals surface area contributed by atoms with Crippen LogP contribution >= 0.6 is 35.0 Å². The molecule has 0 spiro atoms. The van der Waals surface area contributed by atoms with Gasteiger partial charge in [-0.05, 0) is 30.3 Å². The van der Waals surface area contributed by atoms with Crippen molar-refractivity contribution in [3.63, 3.8) is 0 Å². The molecule has 32 heavy (non-hydrogen) atoms. The summed E-state index contributed by atoms with van der Waals surface area (Å²) in [4.78, 5) is 24.7. The third-order valence-corrected chi connectivity index (χ3v) is 5.69. The number of amides is 2. The zero-order valence-corrected chi connectivity index (χ0v) is 19.0. The predicted molar refractivity (Wildman–Crippen MR) is 125 cm³/mol. The second-order valence-electron chi connectivity index (χ2n) is 6.47. The summed E-state index contributed by atoms with van der Waals surface area (Å²) in [6, 6.07) is 10.8. The number of carbonyl (C=O) groups is 2. The van der Waals surface area contributed by atoms with Crippen LogP contribution in [0.2, 0.25) is 10.0 Å². The van der Waals surface area contributed by atoms with Gasteiger partial charge in [-0.2, -0.15) is 0 Å². The Kier molecular flexibility index (Phi) is 8.26. The van der Waals surface area contributed by atoms with Crippen molar-refractivity contribution in [2.75, 3.05) is 16.4 Å². The summed E-state index contributed by atoms with van der Waals surface area (Å²) in [5.41, 5.74) is 0.882. The molecule has 0 fully saturated rings. The molecule has 3 aromatic rings. The van der Waals surface area contributed by atoms with Gasteiger partial charge in [-0.25, -0.2) is 4.39 Å². The number of hydrogen-bond acceptors (Lipinski definition) is 5. The lowest BCUT2D eigenvalue weighted by Crippen LogP contribution is -2.18. The molecule has 0 aliphatic carbocycles. The molecule has 7 nitrogen and oxygen atoms in total. The maximum atomic E-state index is 13.2. The molecule has 0 bridgehead atoms. The maximum absolute atomic E-state index is 13.2. The minimum absolute atomic E-state index is 0.0239. The zero-order valence-electron chi connectivity index (χ0n) is 16.6. The standard InChI is InChI=1S/C21H18Cl2FN5O2S/c1-2-9-29-18(11-19(30)26-17-6-4-3-5-14(17)22)27-28-21(29)32-12-20(31)25-13-7-8-16(24)15(23)10-13/h2-8,10H,1,9,11-12H2,(H,25,31)(H,26,30). The Labute approximate surface area is 198 Å².